The topological polar surface area (TPSA) is 9.23 Å². The van der Waals surface area contributed by atoms with E-state index in [-0.39, 0.29) is 25.8 Å². The maximum atomic E-state index is 6.13. The standard InChI is InChI=1S/C12H22O.Hf/c1-3-7-11(8-4-1)13-12-9-5-2-6-10-12;/h11-12H,1-10H2;. The largest absolute Gasteiger partial charge is 0.375 e. The molecule has 0 spiro atoms. The second kappa shape index (κ2) is 7.16. The molecule has 0 unspecified atom stereocenters. The molecule has 0 aromatic rings. The summed E-state index contributed by atoms with van der Waals surface area (Å²) in [6, 6.07) is 0. The molecule has 14 heavy (non-hydrogen) atoms. The summed E-state index contributed by atoms with van der Waals surface area (Å²) in [6.45, 7) is 0. The molecule has 2 heteroatoms. The van der Waals surface area contributed by atoms with Crippen LogP contribution in [-0.2, 0) is 30.6 Å². The van der Waals surface area contributed by atoms with Crippen LogP contribution < -0.4 is 0 Å². The van der Waals surface area contributed by atoms with Gasteiger partial charge in [-0.25, -0.2) is 0 Å². The van der Waals surface area contributed by atoms with Gasteiger partial charge < -0.3 is 4.74 Å². The first kappa shape index (κ1) is 12.9. The van der Waals surface area contributed by atoms with Gasteiger partial charge in [0.2, 0.25) is 0 Å². The molecule has 0 N–H and O–H groups in total. The fraction of sp³-hybridized carbons (Fsp3) is 1.00. The first-order chi connectivity index (χ1) is 6.45. The Morgan fingerprint density at radius 2 is 0.929 bits per heavy atom. The van der Waals surface area contributed by atoms with Crippen molar-refractivity contribution < 1.29 is 30.6 Å². The summed E-state index contributed by atoms with van der Waals surface area (Å²) in [5, 5.41) is 0. The van der Waals surface area contributed by atoms with Crippen LogP contribution in [0.3, 0.4) is 0 Å². The van der Waals surface area contributed by atoms with E-state index >= 15 is 0 Å². The summed E-state index contributed by atoms with van der Waals surface area (Å²) in [6.07, 6.45) is 15.0. The molecule has 0 aromatic carbocycles. The van der Waals surface area contributed by atoms with Crippen LogP contribution in [0, 0.1) is 0 Å². The Bertz CT molecular complexity index is 121. The Kier molecular flexibility index (Phi) is 6.60. The third kappa shape index (κ3) is 4.14. The Balaban J connectivity index is 0.000000980. The van der Waals surface area contributed by atoms with Crippen LogP contribution >= 0.6 is 0 Å². The van der Waals surface area contributed by atoms with E-state index in [4.69, 9.17) is 4.74 Å². The molecule has 2 aliphatic rings. The molecule has 1 nitrogen and oxygen atoms in total. The number of hydrogen-bond donors (Lipinski definition) is 0. The summed E-state index contributed by atoms with van der Waals surface area (Å²) >= 11 is 0. The molecule has 0 amide bonds. The van der Waals surface area contributed by atoms with Crippen LogP contribution in [-0.4, -0.2) is 12.2 Å². The van der Waals surface area contributed by atoms with E-state index < -0.39 is 0 Å². The molecule has 2 saturated carbocycles. The fourth-order valence-electron chi connectivity index (χ4n) is 2.67. The van der Waals surface area contributed by atoms with E-state index in [2.05, 4.69) is 0 Å². The van der Waals surface area contributed by atoms with Crippen molar-refractivity contribution in [1.82, 2.24) is 0 Å². The molecule has 0 radical (unpaired) electrons. The van der Waals surface area contributed by atoms with Gasteiger partial charge in [-0.3, -0.25) is 0 Å². The average molecular weight is 361 g/mol. The van der Waals surface area contributed by atoms with Gasteiger partial charge >= 0.3 is 0 Å². The van der Waals surface area contributed by atoms with Gasteiger partial charge in [-0.2, -0.15) is 0 Å². The minimum absolute atomic E-state index is 0. The summed E-state index contributed by atoms with van der Waals surface area (Å²) < 4.78 is 6.13. The Labute approximate surface area is 107 Å². The minimum Gasteiger partial charge on any atom is -0.375 e. The second-order valence-electron chi connectivity index (χ2n) is 4.66. The first-order valence-corrected chi connectivity index (χ1v) is 6.10. The fourth-order valence-corrected chi connectivity index (χ4v) is 2.67. The van der Waals surface area contributed by atoms with E-state index in [9.17, 15) is 0 Å². The molecular weight excluding hydrogens is 339 g/mol. The molecular formula is C12H22HfO. The summed E-state index contributed by atoms with van der Waals surface area (Å²) in [7, 11) is 0. The number of ether oxygens (including phenoxy) is 1. The normalized spacial score (nSPS) is 25.7. The van der Waals surface area contributed by atoms with Crippen molar-refractivity contribution >= 4 is 0 Å². The minimum atomic E-state index is 0. The zero-order valence-corrected chi connectivity index (χ0v) is 12.7. The van der Waals surface area contributed by atoms with Gasteiger partial charge in [0.05, 0.1) is 12.2 Å². The van der Waals surface area contributed by atoms with Crippen molar-refractivity contribution in [2.45, 2.75) is 76.4 Å². The van der Waals surface area contributed by atoms with Crippen molar-refractivity contribution in [2.75, 3.05) is 0 Å². The zero-order valence-electron chi connectivity index (χ0n) is 9.13. The van der Waals surface area contributed by atoms with Gasteiger partial charge in [0.15, 0.2) is 0 Å². The van der Waals surface area contributed by atoms with Crippen molar-refractivity contribution in [3.05, 3.63) is 0 Å². The molecule has 0 heterocycles. The van der Waals surface area contributed by atoms with Crippen molar-refractivity contribution in [2.24, 2.45) is 0 Å². The summed E-state index contributed by atoms with van der Waals surface area (Å²) in [5.74, 6) is 0. The summed E-state index contributed by atoms with van der Waals surface area (Å²) in [4.78, 5) is 0. The van der Waals surface area contributed by atoms with E-state index in [0.717, 1.165) is 0 Å². The van der Waals surface area contributed by atoms with Gasteiger partial charge in [0, 0.05) is 25.8 Å². The van der Waals surface area contributed by atoms with Crippen LogP contribution in [0.5, 0.6) is 0 Å². The first-order valence-electron chi connectivity index (χ1n) is 6.10. The van der Waals surface area contributed by atoms with Gasteiger partial charge in [-0.15, -0.1) is 0 Å². The smallest absolute Gasteiger partial charge is 0.0578 e. The van der Waals surface area contributed by atoms with Crippen LogP contribution in [0.1, 0.15) is 64.2 Å². The van der Waals surface area contributed by atoms with Crippen LogP contribution in [0.2, 0.25) is 0 Å². The Morgan fingerprint density at radius 1 is 0.571 bits per heavy atom. The molecule has 0 bridgehead atoms. The third-order valence-corrected chi connectivity index (χ3v) is 3.49. The monoisotopic (exact) mass is 362 g/mol. The number of hydrogen-bond acceptors (Lipinski definition) is 1. The average Bonchev–Trinajstić information content (AvgIpc) is 2.21. The molecule has 2 aliphatic carbocycles. The summed E-state index contributed by atoms with van der Waals surface area (Å²) in [5.41, 5.74) is 0. The molecule has 2 fully saturated rings. The van der Waals surface area contributed by atoms with Crippen LogP contribution in [0.4, 0.5) is 0 Å². The predicted molar refractivity (Wildman–Crippen MR) is 54.8 cm³/mol. The van der Waals surface area contributed by atoms with Crippen molar-refractivity contribution in [3.63, 3.8) is 0 Å². The zero-order chi connectivity index (χ0) is 8.93. The maximum absolute atomic E-state index is 6.13. The Hall–Kier alpha value is 0.830. The maximum Gasteiger partial charge on any atom is 0.0578 e. The molecule has 0 aromatic heterocycles. The SMILES string of the molecule is C1CCC(OC2CCCCC2)CC1.[Hf]. The van der Waals surface area contributed by atoms with E-state index in [1.165, 1.54) is 64.2 Å². The molecule has 0 saturated heterocycles. The molecule has 0 aliphatic heterocycles. The van der Waals surface area contributed by atoms with E-state index in [1.54, 1.807) is 0 Å². The second-order valence-corrected chi connectivity index (χ2v) is 4.66. The van der Waals surface area contributed by atoms with Gasteiger partial charge in [0.25, 0.3) is 0 Å². The van der Waals surface area contributed by atoms with E-state index in [1.807, 2.05) is 0 Å². The third-order valence-electron chi connectivity index (χ3n) is 3.49. The van der Waals surface area contributed by atoms with Gasteiger partial charge in [-0.1, -0.05) is 38.5 Å². The number of rotatable bonds is 2. The van der Waals surface area contributed by atoms with E-state index in [0.29, 0.717) is 12.2 Å². The van der Waals surface area contributed by atoms with Crippen LogP contribution in [0.15, 0.2) is 0 Å². The molecule has 80 valence electrons. The molecule has 0 atom stereocenters. The Morgan fingerprint density at radius 3 is 1.29 bits per heavy atom. The van der Waals surface area contributed by atoms with Crippen molar-refractivity contribution in [1.29, 1.82) is 0 Å². The van der Waals surface area contributed by atoms with Gasteiger partial charge in [-0.05, 0) is 25.7 Å². The quantitative estimate of drug-likeness (QED) is 0.683. The molecule has 2 rings (SSSR count). The predicted octanol–water partition coefficient (Wildman–Crippen LogP) is 3.67. The van der Waals surface area contributed by atoms with Gasteiger partial charge in [0.1, 0.15) is 0 Å². The van der Waals surface area contributed by atoms with Crippen LogP contribution in [0.25, 0.3) is 0 Å². The van der Waals surface area contributed by atoms with Crippen molar-refractivity contribution in [3.8, 4) is 0 Å².